The lowest BCUT2D eigenvalue weighted by Gasteiger charge is -2.28. The Labute approximate surface area is 80.3 Å². The van der Waals surface area contributed by atoms with E-state index in [9.17, 15) is 4.79 Å². The summed E-state index contributed by atoms with van der Waals surface area (Å²) in [6.07, 6.45) is 2.17. The van der Waals surface area contributed by atoms with E-state index in [2.05, 4.69) is 10.6 Å². The predicted octanol–water partition coefficient (Wildman–Crippen LogP) is 0.553. The van der Waals surface area contributed by atoms with Gasteiger partial charge in [0.1, 0.15) is 5.78 Å². The Kier molecular flexibility index (Phi) is 4.39. The van der Waals surface area contributed by atoms with Crippen molar-refractivity contribution in [2.75, 3.05) is 19.6 Å². The van der Waals surface area contributed by atoms with Crippen molar-refractivity contribution in [3.8, 4) is 0 Å². The smallest absolute Gasteiger partial charge is 0.146 e. The Morgan fingerprint density at radius 3 is 2.69 bits per heavy atom. The maximum Gasteiger partial charge on any atom is 0.146 e. The van der Waals surface area contributed by atoms with Crippen LogP contribution in [0.4, 0.5) is 0 Å². The molecular weight excluding hydrogens is 164 g/mol. The maximum atomic E-state index is 11.2. The fraction of sp³-hybridized carbons (Fsp3) is 0.900. The molecule has 1 aliphatic rings. The van der Waals surface area contributed by atoms with Crippen molar-refractivity contribution in [1.29, 1.82) is 0 Å². The highest BCUT2D eigenvalue weighted by molar-refractivity contribution is 5.81. The first kappa shape index (κ1) is 10.7. The number of nitrogens with one attached hydrogen (secondary N) is 2. The molecule has 0 spiro atoms. The average Bonchev–Trinajstić information content (AvgIpc) is 1.99. The van der Waals surface area contributed by atoms with Crippen LogP contribution in [0, 0.1) is 5.92 Å². The molecule has 13 heavy (non-hydrogen) atoms. The number of carbonyl (C=O) groups excluding carboxylic acids is 1. The zero-order valence-corrected chi connectivity index (χ0v) is 8.60. The molecule has 3 nitrogen and oxygen atoms in total. The minimum Gasteiger partial charge on any atom is -0.316 e. The minimum absolute atomic E-state index is 0.0885. The molecule has 1 atom stereocenters. The van der Waals surface area contributed by atoms with E-state index < -0.39 is 0 Å². The monoisotopic (exact) mass is 184 g/mol. The summed E-state index contributed by atoms with van der Waals surface area (Å²) in [4.78, 5) is 11.2. The molecule has 76 valence electrons. The summed E-state index contributed by atoms with van der Waals surface area (Å²) in [7, 11) is 0. The standard InChI is InChI=1S/C10H20N2O/c1-3-12-10(8(2)13)5-4-9-6-11-7-9/h9-12H,3-7H2,1-2H3. The van der Waals surface area contributed by atoms with Gasteiger partial charge in [-0.2, -0.15) is 0 Å². The number of rotatable bonds is 6. The van der Waals surface area contributed by atoms with Crippen LogP contribution in [0.5, 0.6) is 0 Å². The van der Waals surface area contributed by atoms with Crippen LogP contribution in [0.1, 0.15) is 26.7 Å². The van der Waals surface area contributed by atoms with Gasteiger partial charge in [0.05, 0.1) is 6.04 Å². The third kappa shape index (κ3) is 3.44. The Morgan fingerprint density at radius 1 is 1.62 bits per heavy atom. The van der Waals surface area contributed by atoms with E-state index in [1.165, 1.54) is 6.42 Å². The Morgan fingerprint density at radius 2 is 2.31 bits per heavy atom. The van der Waals surface area contributed by atoms with Crippen LogP contribution in [0.2, 0.25) is 0 Å². The summed E-state index contributed by atoms with van der Waals surface area (Å²) in [5.74, 6) is 1.08. The van der Waals surface area contributed by atoms with Crippen molar-refractivity contribution in [3.05, 3.63) is 0 Å². The third-order valence-electron chi connectivity index (χ3n) is 2.67. The summed E-state index contributed by atoms with van der Waals surface area (Å²) >= 11 is 0. The molecule has 2 N–H and O–H groups in total. The zero-order chi connectivity index (χ0) is 9.68. The second-order valence-electron chi connectivity index (χ2n) is 3.82. The van der Waals surface area contributed by atoms with Crippen LogP contribution in [0.25, 0.3) is 0 Å². The van der Waals surface area contributed by atoms with E-state index in [0.29, 0.717) is 0 Å². The van der Waals surface area contributed by atoms with Crippen molar-refractivity contribution in [2.45, 2.75) is 32.7 Å². The summed E-state index contributed by atoms with van der Waals surface area (Å²) in [6, 6.07) is 0.0885. The van der Waals surface area contributed by atoms with E-state index in [0.717, 1.165) is 32.0 Å². The van der Waals surface area contributed by atoms with E-state index in [-0.39, 0.29) is 11.8 Å². The summed E-state index contributed by atoms with van der Waals surface area (Å²) in [5, 5.41) is 6.46. The zero-order valence-electron chi connectivity index (χ0n) is 8.60. The quantitative estimate of drug-likeness (QED) is 0.633. The van der Waals surface area contributed by atoms with Crippen LogP contribution >= 0.6 is 0 Å². The lowest BCUT2D eigenvalue weighted by molar-refractivity contribution is -0.119. The van der Waals surface area contributed by atoms with E-state index in [1.54, 1.807) is 6.92 Å². The van der Waals surface area contributed by atoms with Gasteiger partial charge in [0.2, 0.25) is 0 Å². The maximum absolute atomic E-state index is 11.2. The second-order valence-corrected chi connectivity index (χ2v) is 3.82. The van der Waals surface area contributed by atoms with Crippen molar-refractivity contribution in [2.24, 2.45) is 5.92 Å². The number of carbonyl (C=O) groups is 1. The molecule has 1 heterocycles. The molecule has 0 bridgehead atoms. The van der Waals surface area contributed by atoms with Gasteiger partial charge in [0, 0.05) is 0 Å². The second kappa shape index (κ2) is 5.35. The topological polar surface area (TPSA) is 41.1 Å². The fourth-order valence-corrected chi connectivity index (χ4v) is 1.65. The number of likely N-dealkylation sites (N-methyl/N-ethyl adjacent to an activating group) is 1. The van der Waals surface area contributed by atoms with E-state index in [1.807, 2.05) is 6.92 Å². The molecule has 1 rings (SSSR count). The van der Waals surface area contributed by atoms with Gasteiger partial charge in [-0.1, -0.05) is 6.92 Å². The van der Waals surface area contributed by atoms with Crippen LogP contribution in [0.3, 0.4) is 0 Å². The Hall–Kier alpha value is -0.410. The lowest BCUT2D eigenvalue weighted by Crippen LogP contribution is -2.43. The normalized spacial score (nSPS) is 19.5. The molecule has 0 amide bonds. The number of Topliss-reactive ketones (excluding diaryl/α,β-unsaturated/α-hetero) is 1. The summed E-state index contributed by atoms with van der Waals surface area (Å²) in [6.45, 7) is 6.87. The van der Waals surface area contributed by atoms with Gasteiger partial charge >= 0.3 is 0 Å². The molecule has 0 aromatic heterocycles. The van der Waals surface area contributed by atoms with Gasteiger partial charge in [-0.15, -0.1) is 0 Å². The number of ketones is 1. The summed E-state index contributed by atoms with van der Waals surface area (Å²) in [5.41, 5.74) is 0. The van der Waals surface area contributed by atoms with E-state index >= 15 is 0 Å². The van der Waals surface area contributed by atoms with Crippen LogP contribution < -0.4 is 10.6 Å². The van der Waals surface area contributed by atoms with Gasteiger partial charge in [-0.3, -0.25) is 4.79 Å². The van der Waals surface area contributed by atoms with E-state index in [4.69, 9.17) is 0 Å². The minimum atomic E-state index is 0.0885. The fourth-order valence-electron chi connectivity index (χ4n) is 1.65. The third-order valence-corrected chi connectivity index (χ3v) is 2.67. The first-order valence-corrected chi connectivity index (χ1v) is 5.18. The molecule has 1 saturated heterocycles. The van der Waals surface area contributed by atoms with Gasteiger partial charge in [-0.25, -0.2) is 0 Å². The SMILES string of the molecule is CCNC(CCC1CNC1)C(C)=O. The Bertz CT molecular complexity index is 166. The molecule has 0 saturated carbocycles. The first-order valence-electron chi connectivity index (χ1n) is 5.18. The van der Waals surface area contributed by atoms with Crippen LogP contribution in [-0.4, -0.2) is 31.5 Å². The van der Waals surface area contributed by atoms with Gasteiger partial charge in [0.25, 0.3) is 0 Å². The van der Waals surface area contributed by atoms with Gasteiger partial charge < -0.3 is 10.6 Å². The largest absolute Gasteiger partial charge is 0.316 e. The van der Waals surface area contributed by atoms with Gasteiger partial charge in [-0.05, 0) is 45.3 Å². The number of hydrogen-bond donors (Lipinski definition) is 2. The first-order chi connectivity index (χ1) is 6.24. The Balaban J connectivity index is 2.16. The van der Waals surface area contributed by atoms with Crippen LogP contribution in [0.15, 0.2) is 0 Å². The highest BCUT2D eigenvalue weighted by atomic mass is 16.1. The highest BCUT2D eigenvalue weighted by Gasteiger charge is 2.19. The predicted molar refractivity (Wildman–Crippen MR) is 53.7 cm³/mol. The van der Waals surface area contributed by atoms with Crippen molar-refractivity contribution < 1.29 is 4.79 Å². The van der Waals surface area contributed by atoms with Crippen molar-refractivity contribution >= 4 is 5.78 Å². The summed E-state index contributed by atoms with van der Waals surface area (Å²) < 4.78 is 0. The molecule has 0 aromatic carbocycles. The number of hydrogen-bond acceptors (Lipinski definition) is 3. The molecule has 0 aromatic rings. The molecule has 1 aliphatic heterocycles. The molecule has 0 radical (unpaired) electrons. The molecular formula is C10H20N2O. The van der Waals surface area contributed by atoms with Crippen LogP contribution in [-0.2, 0) is 4.79 Å². The molecule has 1 unspecified atom stereocenters. The molecule has 0 aliphatic carbocycles. The lowest BCUT2D eigenvalue weighted by atomic mass is 9.94. The highest BCUT2D eigenvalue weighted by Crippen LogP contribution is 2.12. The van der Waals surface area contributed by atoms with Gasteiger partial charge in [0.15, 0.2) is 0 Å². The molecule has 1 fully saturated rings. The van der Waals surface area contributed by atoms with Crippen molar-refractivity contribution in [1.82, 2.24) is 10.6 Å². The molecule has 3 heteroatoms. The average molecular weight is 184 g/mol. The van der Waals surface area contributed by atoms with Crippen molar-refractivity contribution in [3.63, 3.8) is 0 Å².